The molecule has 1 aromatic heterocycles. The second-order valence-electron chi connectivity index (χ2n) is 2.77. The molecule has 0 aliphatic heterocycles. The Morgan fingerprint density at radius 2 is 2.33 bits per heavy atom. The van der Waals surface area contributed by atoms with E-state index in [0.717, 1.165) is 0 Å². The van der Waals surface area contributed by atoms with Crippen molar-refractivity contribution in [2.75, 3.05) is 20.4 Å². The smallest absolute Gasteiger partial charge is 0.339 e. The van der Waals surface area contributed by atoms with E-state index in [4.69, 9.17) is 4.74 Å². The van der Waals surface area contributed by atoms with Gasteiger partial charge in [0.15, 0.2) is 0 Å². The van der Waals surface area contributed by atoms with Crippen molar-refractivity contribution < 1.29 is 18.7 Å². The number of halogens is 1. The fourth-order valence-corrected chi connectivity index (χ4v) is 0.936. The molecule has 0 saturated heterocycles. The molecule has 15 heavy (non-hydrogen) atoms. The van der Waals surface area contributed by atoms with Gasteiger partial charge in [0.2, 0.25) is 5.88 Å². The monoisotopic (exact) mass is 213 g/mol. The number of ether oxygens (including phenoxy) is 2. The van der Waals surface area contributed by atoms with Crippen molar-refractivity contribution in [3.63, 3.8) is 0 Å². The fraction of sp³-hybridized carbons (Fsp3) is 0.400. The molecule has 0 aliphatic carbocycles. The molecule has 0 radical (unpaired) electrons. The molecule has 0 aromatic carbocycles. The molecule has 5 heteroatoms. The van der Waals surface area contributed by atoms with Gasteiger partial charge in [-0.1, -0.05) is 0 Å². The average Bonchev–Trinajstić information content (AvgIpc) is 2.29. The first-order valence-corrected chi connectivity index (χ1v) is 4.51. The van der Waals surface area contributed by atoms with Crippen LogP contribution in [0.25, 0.3) is 0 Å². The molecule has 0 aliphatic rings. The number of pyridine rings is 1. The van der Waals surface area contributed by atoms with Crippen LogP contribution in [0, 0.1) is 0 Å². The third-order valence-corrected chi connectivity index (χ3v) is 1.69. The predicted octanol–water partition coefficient (Wildman–Crippen LogP) is 1.61. The van der Waals surface area contributed by atoms with Crippen molar-refractivity contribution >= 4 is 5.97 Å². The van der Waals surface area contributed by atoms with Gasteiger partial charge in [-0.2, -0.15) is 0 Å². The van der Waals surface area contributed by atoms with Crippen LogP contribution in [-0.2, 0) is 4.74 Å². The van der Waals surface area contributed by atoms with Crippen LogP contribution in [-0.4, -0.2) is 31.3 Å². The van der Waals surface area contributed by atoms with Crippen LogP contribution < -0.4 is 4.74 Å². The minimum absolute atomic E-state index is 0.279. The van der Waals surface area contributed by atoms with Gasteiger partial charge in [-0.05, 0) is 6.07 Å². The Morgan fingerprint density at radius 1 is 1.53 bits per heavy atom. The molecule has 0 fully saturated rings. The maximum Gasteiger partial charge on any atom is 0.339 e. The van der Waals surface area contributed by atoms with Gasteiger partial charge < -0.3 is 9.47 Å². The summed E-state index contributed by atoms with van der Waals surface area (Å²) < 4.78 is 21.4. The summed E-state index contributed by atoms with van der Waals surface area (Å²) in [6, 6.07) is 3.09. The number of methoxy groups -OCH3 is 1. The molecule has 0 saturated carbocycles. The van der Waals surface area contributed by atoms with E-state index < -0.39 is 12.6 Å². The van der Waals surface area contributed by atoms with E-state index in [2.05, 4.69) is 9.72 Å². The summed E-state index contributed by atoms with van der Waals surface area (Å²) in [6.07, 6.45) is 1.69. The number of aromatic nitrogens is 1. The molecule has 0 unspecified atom stereocenters. The Bertz CT molecular complexity index is 313. The van der Waals surface area contributed by atoms with Crippen LogP contribution in [0.1, 0.15) is 16.8 Å². The molecule has 1 heterocycles. The highest BCUT2D eigenvalue weighted by atomic mass is 19.1. The number of hydrogen-bond donors (Lipinski definition) is 0. The van der Waals surface area contributed by atoms with Crippen LogP contribution in [0.3, 0.4) is 0 Å². The summed E-state index contributed by atoms with van der Waals surface area (Å²) in [7, 11) is 1.30. The van der Waals surface area contributed by atoms with E-state index in [0.29, 0.717) is 17.9 Å². The predicted molar refractivity (Wildman–Crippen MR) is 51.7 cm³/mol. The summed E-state index contributed by atoms with van der Waals surface area (Å²) in [5.41, 5.74) is 0.357. The lowest BCUT2D eigenvalue weighted by Crippen LogP contribution is -2.03. The van der Waals surface area contributed by atoms with Crippen LogP contribution in [0.5, 0.6) is 5.88 Å². The summed E-state index contributed by atoms with van der Waals surface area (Å²) in [4.78, 5) is 14.9. The molecule has 1 aromatic rings. The van der Waals surface area contributed by atoms with Crippen molar-refractivity contribution in [1.29, 1.82) is 0 Å². The van der Waals surface area contributed by atoms with E-state index in [1.54, 1.807) is 12.1 Å². The first kappa shape index (κ1) is 11.4. The van der Waals surface area contributed by atoms with E-state index in [-0.39, 0.29) is 6.61 Å². The van der Waals surface area contributed by atoms with Gasteiger partial charge in [0.25, 0.3) is 0 Å². The zero-order valence-electron chi connectivity index (χ0n) is 8.40. The van der Waals surface area contributed by atoms with Gasteiger partial charge in [-0.3, -0.25) is 4.39 Å². The van der Waals surface area contributed by atoms with E-state index in [1.807, 2.05) is 0 Å². The van der Waals surface area contributed by atoms with Gasteiger partial charge in [-0.25, -0.2) is 9.78 Å². The summed E-state index contributed by atoms with van der Waals surface area (Å²) in [5, 5.41) is 0. The maximum absolute atomic E-state index is 11.8. The highest BCUT2D eigenvalue weighted by molar-refractivity contribution is 5.88. The number of nitrogens with zero attached hydrogens (tertiary/aromatic N) is 1. The van der Waals surface area contributed by atoms with Crippen LogP contribution in [0.2, 0.25) is 0 Å². The van der Waals surface area contributed by atoms with Crippen LogP contribution >= 0.6 is 0 Å². The zero-order valence-corrected chi connectivity index (χ0v) is 8.40. The molecule has 1 rings (SSSR count). The summed E-state index contributed by atoms with van der Waals surface area (Å²) in [6.45, 7) is -0.138. The standard InChI is InChI=1S/C10H12FNO3/c1-14-10(13)8-3-4-9(12-7-8)15-6-2-5-11/h3-4,7H,2,5-6H2,1H3. The molecular weight excluding hydrogens is 201 g/mol. The quantitative estimate of drug-likeness (QED) is 0.550. The third kappa shape index (κ3) is 3.53. The molecule has 0 bridgehead atoms. The number of carbonyl (C=O) groups is 1. The Morgan fingerprint density at radius 3 is 2.87 bits per heavy atom. The van der Waals surface area contributed by atoms with E-state index >= 15 is 0 Å². The summed E-state index contributed by atoms with van der Waals surface area (Å²) >= 11 is 0. The maximum atomic E-state index is 11.8. The second-order valence-corrected chi connectivity index (χ2v) is 2.77. The third-order valence-electron chi connectivity index (χ3n) is 1.69. The SMILES string of the molecule is COC(=O)c1ccc(OCCCF)nc1. The van der Waals surface area contributed by atoms with Crippen molar-refractivity contribution in [2.45, 2.75) is 6.42 Å². The lowest BCUT2D eigenvalue weighted by atomic mass is 10.3. The Labute approximate surface area is 87.0 Å². The average molecular weight is 213 g/mol. The first-order valence-electron chi connectivity index (χ1n) is 4.51. The van der Waals surface area contributed by atoms with Gasteiger partial charge in [0.05, 0.1) is 26.0 Å². The lowest BCUT2D eigenvalue weighted by molar-refractivity contribution is 0.0600. The van der Waals surface area contributed by atoms with Crippen molar-refractivity contribution in [2.24, 2.45) is 0 Å². The molecular formula is C10H12FNO3. The largest absolute Gasteiger partial charge is 0.478 e. The highest BCUT2D eigenvalue weighted by Gasteiger charge is 2.05. The number of rotatable bonds is 5. The minimum Gasteiger partial charge on any atom is -0.478 e. The molecule has 0 N–H and O–H groups in total. The number of esters is 1. The topological polar surface area (TPSA) is 48.4 Å². The summed E-state index contributed by atoms with van der Waals surface area (Å²) in [5.74, 6) is -0.0751. The highest BCUT2D eigenvalue weighted by Crippen LogP contribution is 2.08. The van der Waals surface area contributed by atoms with Gasteiger partial charge in [0, 0.05) is 18.7 Å². The first-order chi connectivity index (χ1) is 7.27. The van der Waals surface area contributed by atoms with E-state index in [1.165, 1.54) is 13.3 Å². The van der Waals surface area contributed by atoms with Crippen molar-refractivity contribution in [1.82, 2.24) is 4.98 Å². The fourth-order valence-electron chi connectivity index (χ4n) is 0.936. The molecule has 0 amide bonds. The Hall–Kier alpha value is -1.65. The van der Waals surface area contributed by atoms with Crippen molar-refractivity contribution in [3.8, 4) is 5.88 Å². The molecule has 4 nitrogen and oxygen atoms in total. The number of carbonyl (C=O) groups excluding carboxylic acids is 1. The zero-order chi connectivity index (χ0) is 11.1. The van der Waals surface area contributed by atoms with Crippen LogP contribution in [0.15, 0.2) is 18.3 Å². The second kappa shape index (κ2) is 5.95. The Balaban J connectivity index is 2.52. The molecule has 0 spiro atoms. The normalized spacial score (nSPS) is 9.73. The molecule has 82 valence electrons. The minimum atomic E-state index is -0.446. The lowest BCUT2D eigenvalue weighted by Gasteiger charge is -2.03. The van der Waals surface area contributed by atoms with Crippen LogP contribution in [0.4, 0.5) is 4.39 Å². The van der Waals surface area contributed by atoms with Gasteiger partial charge in [0.1, 0.15) is 0 Å². The molecule has 0 atom stereocenters. The number of hydrogen-bond acceptors (Lipinski definition) is 4. The Kier molecular flexibility index (Phi) is 4.53. The van der Waals surface area contributed by atoms with Crippen molar-refractivity contribution in [3.05, 3.63) is 23.9 Å². The van der Waals surface area contributed by atoms with Gasteiger partial charge in [-0.15, -0.1) is 0 Å². The van der Waals surface area contributed by atoms with Gasteiger partial charge >= 0.3 is 5.97 Å². The number of alkyl halides is 1. The van der Waals surface area contributed by atoms with E-state index in [9.17, 15) is 9.18 Å².